The first-order chi connectivity index (χ1) is 9.28. The summed E-state index contributed by atoms with van der Waals surface area (Å²) in [5, 5.41) is 0. The third-order valence-corrected chi connectivity index (χ3v) is 3.24. The molecule has 1 aromatic carbocycles. The first-order valence-electron chi connectivity index (χ1n) is 6.70. The molecule has 0 saturated carbocycles. The average Bonchev–Trinajstić information content (AvgIpc) is 2.40. The first kappa shape index (κ1) is 13.8. The van der Waals surface area contributed by atoms with Crippen LogP contribution in [0.5, 0.6) is 0 Å². The van der Waals surface area contributed by atoms with Crippen LogP contribution in [-0.2, 0) is 20.9 Å². The molecule has 102 valence electrons. The predicted molar refractivity (Wildman–Crippen MR) is 73.5 cm³/mol. The van der Waals surface area contributed by atoms with Gasteiger partial charge in [0, 0.05) is 6.42 Å². The van der Waals surface area contributed by atoms with E-state index in [1.165, 1.54) is 0 Å². The molecular weight excluding hydrogens is 240 g/mol. The van der Waals surface area contributed by atoms with Gasteiger partial charge in [-0.05, 0) is 17.9 Å². The largest absolute Gasteiger partial charge is 0.462 e. The molecule has 0 aromatic heterocycles. The minimum Gasteiger partial charge on any atom is -0.462 e. The summed E-state index contributed by atoms with van der Waals surface area (Å²) in [7, 11) is 0. The van der Waals surface area contributed by atoms with Crippen LogP contribution < -0.4 is 0 Å². The summed E-state index contributed by atoms with van der Waals surface area (Å²) in [6, 6.07) is 10.1. The van der Waals surface area contributed by atoms with E-state index in [1.54, 1.807) is 6.08 Å². The van der Waals surface area contributed by atoms with Gasteiger partial charge in [0.15, 0.2) is 0 Å². The van der Waals surface area contributed by atoms with E-state index < -0.39 is 0 Å². The monoisotopic (exact) mass is 260 g/mol. The van der Waals surface area contributed by atoms with Gasteiger partial charge in [-0.25, -0.2) is 0 Å². The van der Waals surface area contributed by atoms with Crippen molar-refractivity contribution in [3.05, 3.63) is 48.6 Å². The Bertz CT molecular complexity index is 413. The zero-order chi connectivity index (χ0) is 13.5. The number of hydrogen-bond donors (Lipinski definition) is 0. The average molecular weight is 260 g/mol. The molecule has 1 aromatic rings. The number of ether oxygens (including phenoxy) is 2. The summed E-state index contributed by atoms with van der Waals surface area (Å²) < 4.78 is 11.0. The van der Waals surface area contributed by atoms with E-state index in [2.05, 4.69) is 6.58 Å². The molecule has 3 nitrogen and oxygen atoms in total. The molecule has 19 heavy (non-hydrogen) atoms. The molecule has 2 atom stereocenters. The number of rotatable bonds is 6. The van der Waals surface area contributed by atoms with Crippen molar-refractivity contribution >= 4 is 5.97 Å². The van der Waals surface area contributed by atoms with Gasteiger partial charge in [-0.15, -0.1) is 6.58 Å². The van der Waals surface area contributed by atoms with Crippen molar-refractivity contribution < 1.29 is 14.3 Å². The van der Waals surface area contributed by atoms with Gasteiger partial charge >= 0.3 is 5.97 Å². The summed E-state index contributed by atoms with van der Waals surface area (Å²) >= 11 is 0. The van der Waals surface area contributed by atoms with Crippen LogP contribution in [0.25, 0.3) is 0 Å². The number of carbonyl (C=O) groups excluding carboxylic acids is 1. The highest BCUT2D eigenvalue weighted by Gasteiger charge is 2.27. The molecule has 0 radical (unpaired) electrons. The van der Waals surface area contributed by atoms with E-state index >= 15 is 0 Å². The quantitative estimate of drug-likeness (QED) is 0.582. The van der Waals surface area contributed by atoms with Gasteiger partial charge in [-0.2, -0.15) is 0 Å². The van der Waals surface area contributed by atoms with E-state index in [9.17, 15) is 4.79 Å². The molecule has 1 heterocycles. The maximum Gasteiger partial charge on any atom is 0.306 e. The first-order valence-corrected chi connectivity index (χ1v) is 6.70. The second-order valence-electron chi connectivity index (χ2n) is 4.94. The van der Waals surface area contributed by atoms with Crippen molar-refractivity contribution in [1.29, 1.82) is 0 Å². The molecule has 1 aliphatic rings. The highest BCUT2D eigenvalue weighted by molar-refractivity contribution is 5.70. The Morgan fingerprint density at radius 3 is 2.89 bits per heavy atom. The molecule has 0 aliphatic carbocycles. The maximum atomic E-state index is 11.5. The number of esters is 1. The Balaban J connectivity index is 1.75. The standard InChI is InChI=1S/C16H20O3/c1-2-6-15-9-14(10-16(17)19-15)12-18-11-13-7-4-3-5-8-13/h2-5,7-8,14-15H,1,6,9-12H2. The molecule has 1 aliphatic heterocycles. The van der Waals surface area contributed by atoms with Crippen LogP contribution in [0.15, 0.2) is 43.0 Å². The van der Waals surface area contributed by atoms with Crippen LogP contribution in [0.4, 0.5) is 0 Å². The number of carbonyl (C=O) groups is 1. The van der Waals surface area contributed by atoms with E-state index in [0.29, 0.717) is 19.6 Å². The number of benzene rings is 1. The molecule has 1 saturated heterocycles. The molecule has 0 spiro atoms. The zero-order valence-corrected chi connectivity index (χ0v) is 11.1. The summed E-state index contributed by atoms with van der Waals surface area (Å²) in [5.74, 6) is 0.140. The number of cyclic esters (lactones) is 1. The topological polar surface area (TPSA) is 35.5 Å². The molecule has 0 bridgehead atoms. The zero-order valence-electron chi connectivity index (χ0n) is 11.1. The lowest BCUT2D eigenvalue weighted by molar-refractivity contribution is -0.158. The van der Waals surface area contributed by atoms with Crippen molar-refractivity contribution in [1.82, 2.24) is 0 Å². The SMILES string of the molecule is C=CCC1CC(COCc2ccccc2)CC(=O)O1. The van der Waals surface area contributed by atoms with Crippen molar-refractivity contribution in [2.75, 3.05) is 6.61 Å². The van der Waals surface area contributed by atoms with E-state index in [0.717, 1.165) is 18.4 Å². The summed E-state index contributed by atoms with van der Waals surface area (Å²) in [6.45, 7) is 4.89. The van der Waals surface area contributed by atoms with Gasteiger partial charge in [0.1, 0.15) is 6.10 Å². The van der Waals surface area contributed by atoms with E-state index in [1.807, 2.05) is 30.3 Å². The summed E-state index contributed by atoms with van der Waals surface area (Å²) in [5.41, 5.74) is 1.16. The molecular formula is C16H20O3. The van der Waals surface area contributed by atoms with Crippen LogP contribution in [0, 0.1) is 5.92 Å². The van der Waals surface area contributed by atoms with Crippen molar-refractivity contribution in [2.45, 2.75) is 32.0 Å². The Labute approximate surface area is 114 Å². The van der Waals surface area contributed by atoms with Gasteiger partial charge < -0.3 is 9.47 Å². The van der Waals surface area contributed by atoms with Crippen molar-refractivity contribution in [3.8, 4) is 0 Å². The molecule has 0 amide bonds. The molecule has 0 N–H and O–H groups in total. The van der Waals surface area contributed by atoms with Crippen LogP contribution in [0.1, 0.15) is 24.8 Å². The Kier molecular flexibility index (Phi) is 5.16. The van der Waals surface area contributed by atoms with Crippen LogP contribution in [0.3, 0.4) is 0 Å². The van der Waals surface area contributed by atoms with Crippen LogP contribution in [0.2, 0.25) is 0 Å². The van der Waals surface area contributed by atoms with E-state index in [-0.39, 0.29) is 18.0 Å². The second-order valence-corrected chi connectivity index (χ2v) is 4.94. The smallest absolute Gasteiger partial charge is 0.306 e. The van der Waals surface area contributed by atoms with Gasteiger partial charge in [0.2, 0.25) is 0 Å². The Hall–Kier alpha value is -1.61. The Morgan fingerprint density at radius 1 is 1.37 bits per heavy atom. The fourth-order valence-electron chi connectivity index (χ4n) is 2.35. The van der Waals surface area contributed by atoms with Gasteiger partial charge in [-0.1, -0.05) is 36.4 Å². The van der Waals surface area contributed by atoms with Crippen LogP contribution in [-0.4, -0.2) is 18.7 Å². The minimum absolute atomic E-state index is 0.0240. The van der Waals surface area contributed by atoms with Gasteiger partial charge in [0.05, 0.1) is 19.6 Å². The second kappa shape index (κ2) is 7.10. The Morgan fingerprint density at radius 2 is 2.16 bits per heavy atom. The lowest BCUT2D eigenvalue weighted by Crippen LogP contribution is -2.31. The molecule has 2 unspecified atom stereocenters. The fraction of sp³-hybridized carbons (Fsp3) is 0.438. The number of hydrogen-bond acceptors (Lipinski definition) is 3. The highest BCUT2D eigenvalue weighted by Crippen LogP contribution is 2.24. The van der Waals surface area contributed by atoms with Crippen molar-refractivity contribution in [3.63, 3.8) is 0 Å². The minimum atomic E-state index is -0.119. The predicted octanol–water partition coefficient (Wildman–Crippen LogP) is 3.10. The molecule has 3 heteroatoms. The lowest BCUT2D eigenvalue weighted by atomic mass is 9.94. The lowest BCUT2D eigenvalue weighted by Gasteiger charge is -2.28. The maximum absolute atomic E-state index is 11.5. The summed E-state index contributed by atoms with van der Waals surface area (Å²) in [6.07, 6.45) is 3.82. The third kappa shape index (κ3) is 4.52. The summed E-state index contributed by atoms with van der Waals surface area (Å²) in [4.78, 5) is 11.5. The van der Waals surface area contributed by atoms with Gasteiger partial charge in [-0.3, -0.25) is 4.79 Å². The van der Waals surface area contributed by atoms with Crippen LogP contribution >= 0.6 is 0 Å². The van der Waals surface area contributed by atoms with Gasteiger partial charge in [0.25, 0.3) is 0 Å². The molecule has 1 fully saturated rings. The van der Waals surface area contributed by atoms with E-state index in [4.69, 9.17) is 9.47 Å². The molecule has 2 rings (SSSR count). The highest BCUT2D eigenvalue weighted by atomic mass is 16.5. The fourth-order valence-corrected chi connectivity index (χ4v) is 2.35. The van der Waals surface area contributed by atoms with Crippen molar-refractivity contribution in [2.24, 2.45) is 5.92 Å². The third-order valence-electron chi connectivity index (χ3n) is 3.24. The normalized spacial score (nSPS) is 22.8.